The van der Waals surface area contributed by atoms with E-state index in [1.807, 2.05) is 6.07 Å². The highest BCUT2D eigenvalue weighted by atomic mass is 127. The summed E-state index contributed by atoms with van der Waals surface area (Å²) in [6.45, 7) is 5.00. The molecule has 2 heterocycles. The van der Waals surface area contributed by atoms with Crippen LogP contribution in [-0.2, 0) is 9.47 Å². The van der Waals surface area contributed by atoms with Crippen LogP contribution >= 0.6 is 24.0 Å². The second-order valence-electron chi connectivity index (χ2n) is 7.44. The number of nitrogens with zero attached hydrogens (tertiary/aromatic N) is 2. The van der Waals surface area contributed by atoms with E-state index in [1.165, 1.54) is 6.07 Å². The zero-order chi connectivity index (χ0) is 19.6. The molecule has 0 aliphatic carbocycles. The number of hydrogen-bond acceptors (Lipinski definition) is 4. The molecule has 3 rings (SSSR count). The van der Waals surface area contributed by atoms with Crippen molar-refractivity contribution >= 4 is 35.6 Å². The Labute approximate surface area is 190 Å². The van der Waals surface area contributed by atoms with Crippen LogP contribution in [0.4, 0.5) is 10.1 Å². The molecule has 2 saturated heterocycles. The van der Waals surface area contributed by atoms with Crippen molar-refractivity contribution in [3.05, 3.63) is 30.1 Å². The van der Waals surface area contributed by atoms with E-state index >= 15 is 0 Å². The first-order valence-electron chi connectivity index (χ1n) is 10.4. The lowest BCUT2D eigenvalue weighted by atomic mass is 10.0. The van der Waals surface area contributed by atoms with Gasteiger partial charge in [0.2, 0.25) is 0 Å². The molecule has 0 amide bonds. The van der Waals surface area contributed by atoms with Gasteiger partial charge in [-0.05, 0) is 50.3 Å². The number of hydrogen-bond donors (Lipinski definition) is 2. The number of ether oxygens (including phenoxy) is 2. The molecule has 0 bridgehead atoms. The molecule has 8 heteroatoms. The number of piperidine rings is 1. The standard InChI is InChI=1S/C21H33FN4O2.HI/c1-23-21(24-10-4-12-28-20-8-13-27-14-9-20)25-18-6-3-11-26(16-18)19-7-2-5-17(22)15-19;/h2,5,7,15,18,20H,3-4,6,8-14,16H2,1H3,(H2,23,24,25);1H. The predicted molar refractivity (Wildman–Crippen MR) is 126 cm³/mol. The van der Waals surface area contributed by atoms with E-state index < -0.39 is 0 Å². The zero-order valence-electron chi connectivity index (χ0n) is 17.2. The van der Waals surface area contributed by atoms with Crippen LogP contribution in [0.5, 0.6) is 0 Å². The van der Waals surface area contributed by atoms with Crippen molar-refractivity contribution in [3.63, 3.8) is 0 Å². The highest BCUT2D eigenvalue weighted by Crippen LogP contribution is 2.20. The minimum atomic E-state index is -0.187. The van der Waals surface area contributed by atoms with Crippen LogP contribution < -0.4 is 15.5 Å². The van der Waals surface area contributed by atoms with Gasteiger partial charge in [-0.2, -0.15) is 0 Å². The highest BCUT2D eigenvalue weighted by molar-refractivity contribution is 14.0. The molecule has 2 N–H and O–H groups in total. The number of rotatable bonds is 7. The first-order valence-corrected chi connectivity index (χ1v) is 10.4. The van der Waals surface area contributed by atoms with Gasteiger partial charge in [0.25, 0.3) is 0 Å². The lowest BCUT2D eigenvalue weighted by Crippen LogP contribution is -2.51. The van der Waals surface area contributed by atoms with Gasteiger partial charge in [0.1, 0.15) is 5.82 Å². The summed E-state index contributed by atoms with van der Waals surface area (Å²) in [5.74, 6) is 0.630. The Morgan fingerprint density at radius 1 is 1.31 bits per heavy atom. The molecule has 1 aromatic carbocycles. The lowest BCUT2D eigenvalue weighted by Gasteiger charge is -2.35. The molecule has 2 fully saturated rings. The van der Waals surface area contributed by atoms with Gasteiger partial charge in [-0.25, -0.2) is 4.39 Å². The van der Waals surface area contributed by atoms with Gasteiger partial charge in [0.15, 0.2) is 5.96 Å². The zero-order valence-corrected chi connectivity index (χ0v) is 19.6. The van der Waals surface area contributed by atoms with Crippen molar-refractivity contribution in [1.82, 2.24) is 10.6 Å². The smallest absolute Gasteiger partial charge is 0.191 e. The van der Waals surface area contributed by atoms with Crippen LogP contribution in [0.2, 0.25) is 0 Å². The Bertz CT molecular complexity index is 628. The van der Waals surface area contributed by atoms with E-state index in [1.54, 1.807) is 19.2 Å². The Balaban J connectivity index is 0.00000300. The molecule has 2 aliphatic heterocycles. The van der Waals surface area contributed by atoms with E-state index in [0.29, 0.717) is 12.1 Å². The fourth-order valence-corrected chi connectivity index (χ4v) is 3.76. The molecule has 1 atom stereocenters. The summed E-state index contributed by atoms with van der Waals surface area (Å²) in [6, 6.07) is 7.12. The average Bonchev–Trinajstić information content (AvgIpc) is 2.73. The molecule has 6 nitrogen and oxygen atoms in total. The van der Waals surface area contributed by atoms with Crippen LogP contribution in [0.3, 0.4) is 0 Å². The molecule has 29 heavy (non-hydrogen) atoms. The van der Waals surface area contributed by atoms with Gasteiger partial charge in [-0.15, -0.1) is 24.0 Å². The van der Waals surface area contributed by atoms with E-state index in [4.69, 9.17) is 9.47 Å². The highest BCUT2D eigenvalue weighted by Gasteiger charge is 2.21. The maximum absolute atomic E-state index is 13.5. The number of anilines is 1. The SMILES string of the molecule is CN=C(NCCCOC1CCOCC1)NC1CCCN(c2cccc(F)c2)C1.I. The third kappa shape index (κ3) is 8.25. The van der Waals surface area contributed by atoms with Crippen molar-refractivity contribution in [1.29, 1.82) is 0 Å². The summed E-state index contributed by atoms with van der Waals surface area (Å²) in [7, 11) is 1.79. The topological polar surface area (TPSA) is 58.1 Å². The minimum Gasteiger partial charge on any atom is -0.381 e. The first-order chi connectivity index (χ1) is 13.7. The predicted octanol–water partition coefficient (Wildman–Crippen LogP) is 3.16. The van der Waals surface area contributed by atoms with E-state index in [0.717, 1.165) is 83.2 Å². The van der Waals surface area contributed by atoms with Gasteiger partial charge in [-0.1, -0.05) is 6.07 Å². The maximum atomic E-state index is 13.5. The molecule has 0 radical (unpaired) electrons. The quantitative estimate of drug-likeness (QED) is 0.251. The second kappa shape index (κ2) is 13.2. The molecule has 0 spiro atoms. The van der Waals surface area contributed by atoms with Crippen LogP contribution in [0.25, 0.3) is 0 Å². The Kier molecular flexibility index (Phi) is 11.0. The second-order valence-corrected chi connectivity index (χ2v) is 7.44. The van der Waals surface area contributed by atoms with Gasteiger partial charge < -0.3 is 25.0 Å². The van der Waals surface area contributed by atoms with Crippen molar-refractivity contribution in [3.8, 4) is 0 Å². The third-order valence-corrected chi connectivity index (χ3v) is 5.29. The van der Waals surface area contributed by atoms with Crippen LogP contribution in [-0.4, -0.2) is 64.6 Å². The molecule has 2 aliphatic rings. The van der Waals surface area contributed by atoms with Crippen LogP contribution in [0, 0.1) is 5.82 Å². The summed E-state index contributed by atoms with van der Waals surface area (Å²) in [6.07, 6.45) is 5.45. The van der Waals surface area contributed by atoms with Gasteiger partial charge in [0.05, 0.1) is 6.10 Å². The average molecular weight is 520 g/mol. The van der Waals surface area contributed by atoms with Crippen LogP contribution in [0.15, 0.2) is 29.3 Å². The van der Waals surface area contributed by atoms with Gasteiger partial charge >= 0.3 is 0 Å². The summed E-state index contributed by atoms with van der Waals surface area (Å²) in [5.41, 5.74) is 0.944. The summed E-state index contributed by atoms with van der Waals surface area (Å²) in [5, 5.41) is 6.88. The third-order valence-electron chi connectivity index (χ3n) is 5.29. The normalized spacial score (nSPS) is 20.8. The van der Waals surface area contributed by atoms with Crippen molar-refractivity contribution in [2.75, 3.05) is 51.4 Å². The summed E-state index contributed by atoms with van der Waals surface area (Å²) < 4.78 is 24.8. The summed E-state index contributed by atoms with van der Waals surface area (Å²) in [4.78, 5) is 6.58. The minimum absolute atomic E-state index is 0. The fraction of sp³-hybridized carbons (Fsp3) is 0.667. The number of nitrogens with one attached hydrogen (secondary N) is 2. The fourth-order valence-electron chi connectivity index (χ4n) is 3.76. The van der Waals surface area contributed by atoms with E-state index in [9.17, 15) is 4.39 Å². The monoisotopic (exact) mass is 520 g/mol. The number of guanidine groups is 1. The van der Waals surface area contributed by atoms with Crippen molar-refractivity contribution < 1.29 is 13.9 Å². The largest absolute Gasteiger partial charge is 0.381 e. The molecule has 1 unspecified atom stereocenters. The molecular formula is C21H34FIN4O2. The molecule has 164 valence electrons. The summed E-state index contributed by atoms with van der Waals surface area (Å²) >= 11 is 0. The van der Waals surface area contributed by atoms with Crippen molar-refractivity contribution in [2.45, 2.75) is 44.2 Å². The van der Waals surface area contributed by atoms with Gasteiger partial charge in [-0.3, -0.25) is 4.99 Å². The van der Waals surface area contributed by atoms with Gasteiger partial charge in [0, 0.05) is 58.2 Å². The molecule has 1 aromatic rings. The van der Waals surface area contributed by atoms with E-state index in [-0.39, 0.29) is 29.8 Å². The number of halogens is 2. The number of benzene rings is 1. The maximum Gasteiger partial charge on any atom is 0.191 e. The lowest BCUT2D eigenvalue weighted by molar-refractivity contribution is -0.0320. The molecule has 0 saturated carbocycles. The molecular weight excluding hydrogens is 486 g/mol. The Hall–Kier alpha value is -1.13. The van der Waals surface area contributed by atoms with Crippen LogP contribution in [0.1, 0.15) is 32.1 Å². The van der Waals surface area contributed by atoms with E-state index in [2.05, 4.69) is 20.5 Å². The van der Waals surface area contributed by atoms with Crippen molar-refractivity contribution in [2.24, 2.45) is 4.99 Å². The Morgan fingerprint density at radius 3 is 2.90 bits per heavy atom. The molecule has 0 aromatic heterocycles. The Morgan fingerprint density at radius 2 is 2.14 bits per heavy atom. The number of aliphatic imine (C=N–C) groups is 1. The first kappa shape index (κ1) is 24.1.